The smallest absolute Gasteiger partial charge is 0.267 e. The molecule has 0 aromatic rings. The summed E-state index contributed by atoms with van der Waals surface area (Å²) in [5, 5.41) is 0. The van der Waals surface area contributed by atoms with Crippen molar-refractivity contribution >= 4 is 20.2 Å². The molecule has 0 aromatic heterocycles. The summed E-state index contributed by atoms with van der Waals surface area (Å²) in [6.07, 6.45) is 2.93. The molecule has 0 aliphatic carbocycles. The molecule has 1 fully saturated rings. The average Bonchev–Trinajstić information content (AvgIpc) is 2.70. The maximum Gasteiger partial charge on any atom is 0.267 e. The molecule has 0 amide bonds. The van der Waals surface area contributed by atoms with E-state index >= 15 is 0 Å². The number of hydrogen-bond donors (Lipinski definition) is 0. The minimum atomic E-state index is -4.02. The van der Waals surface area contributed by atoms with Crippen LogP contribution in [0.4, 0.5) is 0 Å². The van der Waals surface area contributed by atoms with Crippen molar-refractivity contribution in [2.24, 2.45) is 0 Å². The summed E-state index contributed by atoms with van der Waals surface area (Å²) in [7, 11) is -7.10. The molecule has 0 saturated carbocycles. The zero-order valence-corrected chi connectivity index (χ0v) is 21.7. The van der Waals surface area contributed by atoms with Crippen LogP contribution >= 0.6 is 0 Å². The van der Waals surface area contributed by atoms with Crippen molar-refractivity contribution in [3.05, 3.63) is 0 Å². The largest absolute Gasteiger partial charge is 0.748 e. The molecule has 0 aromatic carbocycles. The lowest BCUT2D eigenvalue weighted by molar-refractivity contribution is -0.923. The Hall–Kier alpha value is -0.260. The molecule has 1 aliphatic heterocycles. The first-order valence-corrected chi connectivity index (χ1v) is 14.5. The number of quaternary nitrogens is 1. The standard InChI is InChI=1S/C10H23NO3S.C6H15N.C4H8O3S/c1-4-11(5-2,6-3)9-7-8-10-15(12,13)14;1-4-7(5-2)6-3;5-8(6)4-2-1-3-7-8/h4-10H2,1-3H3;4-6H2,1-3H3;1-4H2. The number of unbranched alkanes of at least 4 members (excludes halogenated alkanes) is 1. The maximum atomic E-state index is 10.4. The Morgan fingerprint density at radius 1 is 0.900 bits per heavy atom. The van der Waals surface area contributed by atoms with Gasteiger partial charge >= 0.3 is 0 Å². The van der Waals surface area contributed by atoms with Crippen LogP contribution < -0.4 is 0 Å². The zero-order valence-electron chi connectivity index (χ0n) is 20.1. The van der Waals surface area contributed by atoms with Gasteiger partial charge in [0, 0.05) is 5.75 Å². The van der Waals surface area contributed by atoms with E-state index in [1.807, 2.05) is 0 Å². The Morgan fingerprint density at radius 2 is 1.40 bits per heavy atom. The van der Waals surface area contributed by atoms with Crippen molar-refractivity contribution in [3.8, 4) is 0 Å². The number of nitrogens with zero attached hydrogens (tertiary/aromatic N) is 2. The molecule has 0 unspecified atom stereocenters. The highest BCUT2D eigenvalue weighted by atomic mass is 32.2. The summed E-state index contributed by atoms with van der Waals surface area (Å²) in [4.78, 5) is 2.38. The van der Waals surface area contributed by atoms with Gasteiger partial charge in [0.05, 0.1) is 48.7 Å². The third kappa shape index (κ3) is 17.4. The molecule has 0 bridgehead atoms. The first kappa shape index (κ1) is 31.9. The van der Waals surface area contributed by atoms with Crippen molar-refractivity contribution < 1.29 is 30.1 Å². The van der Waals surface area contributed by atoms with Gasteiger partial charge in [-0.25, -0.2) is 8.42 Å². The molecule has 1 aliphatic rings. The van der Waals surface area contributed by atoms with Crippen LogP contribution in [-0.4, -0.2) is 94.7 Å². The van der Waals surface area contributed by atoms with Gasteiger partial charge < -0.3 is 13.9 Å². The summed E-state index contributed by atoms with van der Waals surface area (Å²) in [6, 6.07) is 0. The van der Waals surface area contributed by atoms with Crippen LogP contribution in [0.2, 0.25) is 0 Å². The quantitative estimate of drug-likeness (QED) is 0.196. The minimum absolute atomic E-state index is 0.201. The van der Waals surface area contributed by atoms with Crippen LogP contribution in [-0.2, 0) is 24.4 Å². The van der Waals surface area contributed by atoms with Gasteiger partial charge in [0.15, 0.2) is 0 Å². The fraction of sp³-hybridized carbons (Fsp3) is 1.00. The Bertz CT molecular complexity index is 575. The van der Waals surface area contributed by atoms with Gasteiger partial charge in [-0.3, -0.25) is 4.18 Å². The first-order chi connectivity index (χ1) is 13.9. The lowest BCUT2D eigenvalue weighted by Gasteiger charge is -2.35. The van der Waals surface area contributed by atoms with E-state index in [0.717, 1.165) is 49.9 Å². The molecular weight excluding hydrogens is 428 g/mol. The highest BCUT2D eigenvalue weighted by molar-refractivity contribution is 7.86. The van der Waals surface area contributed by atoms with Crippen molar-refractivity contribution in [3.63, 3.8) is 0 Å². The van der Waals surface area contributed by atoms with Crippen LogP contribution in [0, 0.1) is 0 Å². The predicted molar refractivity (Wildman–Crippen MR) is 123 cm³/mol. The van der Waals surface area contributed by atoms with Gasteiger partial charge in [-0.1, -0.05) is 20.8 Å². The van der Waals surface area contributed by atoms with E-state index in [1.54, 1.807) is 0 Å². The van der Waals surface area contributed by atoms with E-state index < -0.39 is 20.2 Å². The Morgan fingerprint density at radius 3 is 1.63 bits per heavy atom. The van der Waals surface area contributed by atoms with Crippen LogP contribution in [0.25, 0.3) is 0 Å². The van der Waals surface area contributed by atoms with Crippen LogP contribution in [0.5, 0.6) is 0 Å². The minimum Gasteiger partial charge on any atom is -0.748 e. The molecule has 1 heterocycles. The molecule has 10 heteroatoms. The molecule has 1 saturated heterocycles. The molecule has 0 atom stereocenters. The van der Waals surface area contributed by atoms with E-state index in [-0.39, 0.29) is 11.5 Å². The lowest BCUT2D eigenvalue weighted by Crippen LogP contribution is -2.48. The summed E-state index contributed by atoms with van der Waals surface area (Å²) in [5.41, 5.74) is 0. The third-order valence-corrected chi connectivity index (χ3v) is 7.79. The van der Waals surface area contributed by atoms with Gasteiger partial charge in [0.1, 0.15) is 0 Å². The summed E-state index contributed by atoms with van der Waals surface area (Å²) >= 11 is 0. The first-order valence-electron chi connectivity index (χ1n) is 11.3. The topological polar surface area (TPSA) is 104 Å². The highest BCUT2D eigenvalue weighted by Crippen LogP contribution is 2.09. The normalized spacial score (nSPS) is 16.3. The average molecular weight is 475 g/mol. The molecule has 1 rings (SSSR count). The van der Waals surface area contributed by atoms with Gasteiger partial charge in [0.25, 0.3) is 10.1 Å². The van der Waals surface area contributed by atoms with Crippen LogP contribution in [0.3, 0.4) is 0 Å². The van der Waals surface area contributed by atoms with E-state index in [0.29, 0.717) is 13.0 Å². The van der Waals surface area contributed by atoms with Gasteiger partial charge in [-0.05, 0) is 66.1 Å². The van der Waals surface area contributed by atoms with Crippen molar-refractivity contribution in [1.29, 1.82) is 0 Å². The molecule has 0 spiro atoms. The van der Waals surface area contributed by atoms with Crippen LogP contribution in [0.15, 0.2) is 0 Å². The molecule has 8 nitrogen and oxygen atoms in total. The summed E-state index contributed by atoms with van der Waals surface area (Å²) in [5.74, 6) is -0.0167. The lowest BCUT2D eigenvalue weighted by atomic mass is 10.2. The number of hydrogen-bond acceptors (Lipinski definition) is 7. The fourth-order valence-corrected chi connectivity index (χ4v) is 4.77. The van der Waals surface area contributed by atoms with Crippen molar-refractivity contribution in [2.45, 2.75) is 67.2 Å². The molecular formula is C20H46N2O6S2. The zero-order chi connectivity index (χ0) is 23.7. The van der Waals surface area contributed by atoms with Crippen molar-refractivity contribution in [1.82, 2.24) is 4.90 Å². The maximum absolute atomic E-state index is 10.4. The Kier molecular flexibility index (Phi) is 18.4. The molecule has 0 radical (unpaired) electrons. The van der Waals surface area contributed by atoms with E-state index in [9.17, 15) is 21.4 Å². The van der Waals surface area contributed by atoms with Crippen molar-refractivity contribution in [2.75, 3.05) is 63.9 Å². The highest BCUT2D eigenvalue weighted by Gasteiger charge is 2.19. The summed E-state index contributed by atoms with van der Waals surface area (Å²) in [6.45, 7) is 21.1. The molecule has 184 valence electrons. The second-order valence-electron chi connectivity index (χ2n) is 7.39. The third-order valence-electron chi connectivity index (χ3n) is 5.68. The molecule has 0 N–H and O–H groups in total. The molecule has 30 heavy (non-hydrogen) atoms. The van der Waals surface area contributed by atoms with Crippen LogP contribution in [0.1, 0.15) is 67.2 Å². The van der Waals surface area contributed by atoms with Gasteiger partial charge in [-0.15, -0.1) is 0 Å². The van der Waals surface area contributed by atoms with E-state index in [1.165, 1.54) is 19.6 Å². The van der Waals surface area contributed by atoms with Gasteiger partial charge in [-0.2, -0.15) is 8.42 Å². The SMILES string of the molecule is CCN(CC)CC.CC[N+](CC)(CC)CCCCS(=O)(=O)[O-].O=S1(=O)CCCCO1. The second kappa shape index (κ2) is 17.3. The Balaban J connectivity index is 0. The Labute approximate surface area is 186 Å². The van der Waals surface area contributed by atoms with Gasteiger partial charge in [0.2, 0.25) is 0 Å². The van der Waals surface area contributed by atoms with E-state index in [2.05, 4.69) is 50.6 Å². The fourth-order valence-electron chi connectivity index (χ4n) is 3.17. The second-order valence-corrected chi connectivity index (χ2v) is 10.7. The van der Waals surface area contributed by atoms with E-state index in [4.69, 9.17) is 0 Å². The summed E-state index contributed by atoms with van der Waals surface area (Å²) < 4.78 is 57.5. The predicted octanol–water partition coefficient (Wildman–Crippen LogP) is 2.66. The monoisotopic (exact) mass is 474 g/mol. The number of rotatable bonds is 11.